The number of hydrogen-bond acceptors (Lipinski definition) is 4. The van der Waals surface area contributed by atoms with Crippen LogP contribution in [0.25, 0.3) is 10.6 Å². The van der Waals surface area contributed by atoms with E-state index in [1.807, 2.05) is 0 Å². The first-order chi connectivity index (χ1) is 7.19. The van der Waals surface area contributed by atoms with Crippen LogP contribution in [0.5, 0.6) is 5.75 Å². The van der Waals surface area contributed by atoms with Crippen molar-refractivity contribution in [3.05, 3.63) is 35.1 Å². The molecule has 2 aromatic rings. The van der Waals surface area contributed by atoms with E-state index < -0.39 is 5.82 Å². The molecule has 0 fully saturated rings. The third kappa shape index (κ3) is 2.14. The van der Waals surface area contributed by atoms with Crippen molar-refractivity contribution in [1.82, 2.24) is 4.98 Å². The molecule has 0 aliphatic carbocycles. The summed E-state index contributed by atoms with van der Waals surface area (Å²) in [6.45, 7) is -0.0844. The lowest BCUT2D eigenvalue weighted by Crippen LogP contribution is -1.79. The number of aromatic nitrogens is 1. The third-order valence-corrected chi connectivity index (χ3v) is 2.87. The fourth-order valence-corrected chi connectivity index (χ4v) is 1.97. The zero-order chi connectivity index (χ0) is 10.8. The largest absolute Gasteiger partial charge is 0.508 e. The van der Waals surface area contributed by atoms with Gasteiger partial charge in [-0.3, -0.25) is 0 Å². The van der Waals surface area contributed by atoms with Crippen molar-refractivity contribution < 1.29 is 14.6 Å². The molecule has 78 valence electrons. The van der Waals surface area contributed by atoms with Gasteiger partial charge in [0.1, 0.15) is 16.6 Å². The summed E-state index contributed by atoms with van der Waals surface area (Å²) in [6, 6.07) is 3.76. The van der Waals surface area contributed by atoms with E-state index in [4.69, 9.17) is 5.11 Å². The minimum atomic E-state index is -0.509. The van der Waals surface area contributed by atoms with Crippen LogP contribution in [-0.4, -0.2) is 15.2 Å². The highest BCUT2D eigenvalue weighted by Gasteiger charge is 2.06. The maximum atomic E-state index is 13.0. The van der Waals surface area contributed by atoms with Crippen molar-refractivity contribution >= 4 is 11.3 Å². The van der Waals surface area contributed by atoms with Crippen molar-refractivity contribution in [2.75, 3.05) is 0 Å². The van der Waals surface area contributed by atoms with Crippen LogP contribution in [0, 0.1) is 5.82 Å². The summed E-state index contributed by atoms with van der Waals surface area (Å²) in [6.07, 6.45) is 1.53. The molecule has 5 heteroatoms. The maximum absolute atomic E-state index is 13.0. The second-order valence-corrected chi connectivity index (χ2v) is 4.10. The Labute approximate surface area is 89.5 Å². The molecule has 2 N–H and O–H groups in total. The first-order valence-corrected chi connectivity index (χ1v) is 5.06. The molecular formula is C10H8FNO2S. The molecule has 3 nitrogen and oxygen atoms in total. The molecule has 0 unspecified atom stereocenters. The Morgan fingerprint density at radius 3 is 2.73 bits per heavy atom. The van der Waals surface area contributed by atoms with Gasteiger partial charge in [0, 0.05) is 17.8 Å². The average molecular weight is 225 g/mol. The Morgan fingerprint density at radius 1 is 1.33 bits per heavy atom. The standard InChI is InChI=1S/C10H8FNO2S/c11-7-1-6(2-8(14)3-7)10-12-4-9(5-13)15-10/h1-4,13-14H,5H2. The zero-order valence-electron chi connectivity index (χ0n) is 7.64. The van der Waals surface area contributed by atoms with E-state index in [1.165, 1.54) is 29.7 Å². The van der Waals surface area contributed by atoms with Crippen molar-refractivity contribution in [3.63, 3.8) is 0 Å². The molecule has 0 spiro atoms. The molecule has 15 heavy (non-hydrogen) atoms. The fourth-order valence-electron chi connectivity index (χ4n) is 1.21. The summed E-state index contributed by atoms with van der Waals surface area (Å²) < 4.78 is 13.0. The number of aromatic hydroxyl groups is 1. The quantitative estimate of drug-likeness (QED) is 0.823. The van der Waals surface area contributed by atoms with Crippen molar-refractivity contribution in [2.24, 2.45) is 0 Å². The van der Waals surface area contributed by atoms with Crippen LogP contribution in [0.2, 0.25) is 0 Å². The highest BCUT2D eigenvalue weighted by molar-refractivity contribution is 7.15. The maximum Gasteiger partial charge on any atom is 0.127 e. The molecule has 0 saturated carbocycles. The number of halogens is 1. The highest BCUT2D eigenvalue weighted by atomic mass is 32.1. The minimum absolute atomic E-state index is 0.0844. The van der Waals surface area contributed by atoms with Crippen LogP contribution < -0.4 is 0 Å². The summed E-state index contributed by atoms with van der Waals surface area (Å²) in [4.78, 5) is 4.72. The van der Waals surface area contributed by atoms with Crippen LogP contribution in [0.15, 0.2) is 24.4 Å². The molecule has 0 atom stereocenters. The van der Waals surface area contributed by atoms with E-state index in [-0.39, 0.29) is 12.4 Å². The average Bonchev–Trinajstić information content (AvgIpc) is 2.64. The number of aliphatic hydroxyl groups is 1. The number of phenols is 1. The van der Waals surface area contributed by atoms with Crippen LogP contribution in [0.1, 0.15) is 4.88 Å². The molecule has 2 rings (SSSR count). The van der Waals surface area contributed by atoms with Gasteiger partial charge in [-0.25, -0.2) is 9.37 Å². The lowest BCUT2D eigenvalue weighted by molar-refractivity contribution is 0.285. The first-order valence-electron chi connectivity index (χ1n) is 4.24. The lowest BCUT2D eigenvalue weighted by Gasteiger charge is -1.98. The van der Waals surface area contributed by atoms with Gasteiger partial charge in [0.15, 0.2) is 0 Å². The van der Waals surface area contributed by atoms with Crippen molar-refractivity contribution in [1.29, 1.82) is 0 Å². The SMILES string of the molecule is OCc1cnc(-c2cc(O)cc(F)c2)s1. The number of thiazole rings is 1. The van der Waals surface area contributed by atoms with Gasteiger partial charge in [0.25, 0.3) is 0 Å². The Kier molecular flexibility index (Phi) is 2.66. The number of benzene rings is 1. The zero-order valence-corrected chi connectivity index (χ0v) is 8.46. The van der Waals surface area contributed by atoms with Crippen molar-refractivity contribution in [3.8, 4) is 16.3 Å². The van der Waals surface area contributed by atoms with E-state index in [9.17, 15) is 9.50 Å². The van der Waals surface area contributed by atoms with Gasteiger partial charge >= 0.3 is 0 Å². The molecule has 1 aromatic carbocycles. The van der Waals surface area contributed by atoms with Crippen molar-refractivity contribution in [2.45, 2.75) is 6.61 Å². The third-order valence-electron chi connectivity index (χ3n) is 1.84. The van der Waals surface area contributed by atoms with Gasteiger partial charge < -0.3 is 10.2 Å². The van der Waals surface area contributed by atoms with E-state index >= 15 is 0 Å². The van der Waals surface area contributed by atoms with Gasteiger partial charge in [-0.05, 0) is 12.1 Å². The Hall–Kier alpha value is -1.46. The number of rotatable bonds is 2. The number of nitrogens with zero attached hydrogens (tertiary/aromatic N) is 1. The highest BCUT2D eigenvalue weighted by Crippen LogP contribution is 2.28. The van der Waals surface area contributed by atoms with Crippen LogP contribution >= 0.6 is 11.3 Å². The molecule has 1 heterocycles. The summed E-state index contributed by atoms with van der Waals surface area (Å²) in [5, 5.41) is 18.6. The fraction of sp³-hybridized carbons (Fsp3) is 0.100. The predicted molar refractivity (Wildman–Crippen MR) is 55.1 cm³/mol. The summed E-state index contributed by atoms with van der Waals surface area (Å²) >= 11 is 1.26. The normalized spacial score (nSPS) is 10.5. The summed E-state index contributed by atoms with van der Waals surface area (Å²) in [5.74, 6) is -0.642. The van der Waals surface area contributed by atoms with Gasteiger partial charge in [-0.15, -0.1) is 11.3 Å². The summed E-state index contributed by atoms with van der Waals surface area (Å²) in [7, 11) is 0. The van der Waals surface area contributed by atoms with E-state index in [1.54, 1.807) is 0 Å². The first kappa shape index (κ1) is 10.1. The van der Waals surface area contributed by atoms with Gasteiger partial charge in [0.2, 0.25) is 0 Å². The Bertz CT molecular complexity index is 464. The van der Waals surface area contributed by atoms with E-state index in [0.717, 1.165) is 6.07 Å². The van der Waals surface area contributed by atoms with Gasteiger partial charge in [0.05, 0.1) is 11.5 Å². The molecule has 0 aliphatic heterocycles. The minimum Gasteiger partial charge on any atom is -0.508 e. The van der Waals surface area contributed by atoms with Gasteiger partial charge in [-0.2, -0.15) is 0 Å². The number of hydrogen-bond donors (Lipinski definition) is 2. The molecule has 1 aromatic heterocycles. The monoisotopic (exact) mass is 225 g/mol. The second kappa shape index (κ2) is 3.96. The van der Waals surface area contributed by atoms with Gasteiger partial charge in [-0.1, -0.05) is 0 Å². The smallest absolute Gasteiger partial charge is 0.127 e. The number of aliphatic hydroxyl groups excluding tert-OH is 1. The summed E-state index contributed by atoms with van der Waals surface area (Å²) in [5.41, 5.74) is 0.511. The topological polar surface area (TPSA) is 53.4 Å². The lowest BCUT2D eigenvalue weighted by atomic mass is 10.2. The van der Waals surface area contributed by atoms with Crippen LogP contribution in [-0.2, 0) is 6.61 Å². The number of phenolic OH excluding ortho intramolecular Hbond substituents is 1. The Balaban J connectivity index is 2.44. The van der Waals surface area contributed by atoms with Crippen LogP contribution in [0.4, 0.5) is 4.39 Å². The van der Waals surface area contributed by atoms with E-state index in [0.29, 0.717) is 15.4 Å². The van der Waals surface area contributed by atoms with Crippen LogP contribution in [0.3, 0.4) is 0 Å². The van der Waals surface area contributed by atoms with E-state index in [2.05, 4.69) is 4.98 Å². The molecule has 0 saturated heterocycles. The predicted octanol–water partition coefficient (Wildman–Crippen LogP) is 2.15. The molecule has 0 bridgehead atoms. The molecule has 0 radical (unpaired) electrons. The second-order valence-electron chi connectivity index (χ2n) is 2.99. The molecule has 0 aliphatic rings. The Morgan fingerprint density at radius 2 is 2.13 bits per heavy atom. The molecular weight excluding hydrogens is 217 g/mol. The molecule has 0 amide bonds.